The highest BCUT2D eigenvalue weighted by Gasteiger charge is 2.29. The summed E-state index contributed by atoms with van der Waals surface area (Å²) < 4.78 is 16.6. The number of rotatable bonds is 6. The predicted molar refractivity (Wildman–Crippen MR) is 134 cm³/mol. The quantitative estimate of drug-likeness (QED) is 0.653. The van der Waals surface area contributed by atoms with E-state index in [1.165, 1.54) is 0 Å². The first kappa shape index (κ1) is 25.1. The van der Waals surface area contributed by atoms with Crippen LogP contribution in [-0.2, 0) is 4.74 Å². The van der Waals surface area contributed by atoms with Crippen LogP contribution >= 0.6 is 11.6 Å². The number of urea groups is 1. The number of hydrogen-bond donors (Lipinski definition) is 1. The lowest BCUT2D eigenvalue weighted by Gasteiger charge is -2.39. The van der Waals surface area contributed by atoms with E-state index in [-0.39, 0.29) is 18.0 Å². The van der Waals surface area contributed by atoms with Crippen molar-refractivity contribution < 1.29 is 23.8 Å². The minimum Gasteiger partial charge on any atom is -0.497 e. The van der Waals surface area contributed by atoms with Crippen LogP contribution in [0.1, 0.15) is 10.4 Å². The molecule has 9 nitrogen and oxygen atoms in total. The summed E-state index contributed by atoms with van der Waals surface area (Å²) in [7, 11) is 3.13. The first-order valence-electron chi connectivity index (χ1n) is 11.6. The van der Waals surface area contributed by atoms with Gasteiger partial charge >= 0.3 is 6.03 Å². The lowest BCUT2D eigenvalue weighted by Crippen LogP contribution is -2.54. The van der Waals surface area contributed by atoms with Crippen molar-refractivity contribution in [2.24, 2.45) is 0 Å². The van der Waals surface area contributed by atoms with E-state index in [2.05, 4.69) is 10.2 Å². The average Bonchev–Trinajstić information content (AvgIpc) is 2.88. The van der Waals surface area contributed by atoms with Crippen LogP contribution in [0.15, 0.2) is 42.5 Å². The van der Waals surface area contributed by atoms with Gasteiger partial charge < -0.3 is 29.3 Å². The van der Waals surface area contributed by atoms with Gasteiger partial charge in [0, 0.05) is 62.6 Å². The number of benzene rings is 2. The Bertz CT molecular complexity index is 1040. The fourth-order valence-electron chi connectivity index (χ4n) is 4.35. The zero-order valence-electron chi connectivity index (χ0n) is 20.0. The lowest BCUT2D eigenvalue weighted by molar-refractivity contribution is -0.0338. The summed E-state index contributed by atoms with van der Waals surface area (Å²) in [6.45, 7) is 4.93. The second-order valence-electron chi connectivity index (χ2n) is 8.54. The second-order valence-corrected chi connectivity index (χ2v) is 8.97. The van der Waals surface area contributed by atoms with Crippen molar-refractivity contribution in [3.05, 3.63) is 53.1 Å². The van der Waals surface area contributed by atoms with Crippen LogP contribution in [0.2, 0.25) is 5.02 Å². The molecule has 0 bridgehead atoms. The van der Waals surface area contributed by atoms with Crippen molar-refractivity contribution in [3.63, 3.8) is 0 Å². The number of carbonyl (C=O) groups excluding carboxylic acids is 2. The molecule has 1 atom stereocenters. The molecule has 0 radical (unpaired) electrons. The zero-order chi connectivity index (χ0) is 24.8. The Labute approximate surface area is 210 Å². The second kappa shape index (κ2) is 11.6. The van der Waals surface area contributed by atoms with Gasteiger partial charge in [-0.2, -0.15) is 0 Å². The number of piperazine rings is 1. The van der Waals surface area contributed by atoms with Gasteiger partial charge in [-0.1, -0.05) is 17.7 Å². The van der Waals surface area contributed by atoms with Crippen molar-refractivity contribution in [1.82, 2.24) is 14.7 Å². The number of methoxy groups -OCH3 is 2. The van der Waals surface area contributed by atoms with Crippen LogP contribution in [0.25, 0.3) is 0 Å². The van der Waals surface area contributed by atoms with E-state index < -0.39 is 0 Å². The predicted octanol–water partition coefficient (Wildman–Crippen LogP) is 3.05. The van der Waals surface area contributed by atoms with Crippen LogP contribution in [0.3, 0.4) is 0 Å². The Morgan fingerprint density at radius 3 is 2.54 bits per heavy atom. The highest BCUT2D eigenvalue weighted by atomic mass is 35.5. The maximum absolute atomic E-state index is 13.1. The van der Waals surface area contributed by atoms with Crippen LogP contribution in [-0.4, -0.2) is 99.4 Å². The van der Waals surface area contributed by atoms with Crippen LogP contribution < -0.4 is 14.8 Å². The number of ether oxygens (including phenoxy) is 3. The van der Waals surface area contributed by atoms with E-state index in [1.54, 1.807) is 55.5 Å². The molecule has 2 aromatic rings. The molecular weight excluding hydrogens is 472 g/mol. The maximum atomic E-state index is 13.1. The Balaban J connectivity index is 1.27. The number of halogens is 1. The van der Waals surface area contributed by atoms with Gasteiger partial charge in [0.05, 0.1) is 32.5 Å². The lowest BCUT2D eigenvalue weighted by atomic mass is 10.1. The van der Waals surface area contributed by atoms with Crippen LogP contribution in [0, 0.1) is 0 Å². The SMILES string of the molecule is COc1ccc(C(=O)N2CCN(CC3CN(C(=O)Nc4cccc(Cl)c4)CCO3)CC2)c(OC)c1. The van der Waals surface area contributed by atoms with E-state index in [9.17, 15) is 9.59 Å². The molecule has 2 heterocycles. The number of amides is 3. The Morgan fingerprint density at radius 1 is 1.03 bits per heavy atom. The number of morpholine rings is 1. The highest BCUT2D eigenvalue weighted by molar-refractivity contribution is 6.30. The minimum atomic E-state index is -0.163. The third-order valence-electron chi connectivity index (χ3n) is 6.26. The monoisotopic (exact) mass is 502 g/mol. The number of anilines is 1. The van der Waals surface area contributed by atoms with Gasteiger partial charge in [0.1, 0.15) is 11.5 Å². The molecule has 3 amide bonds. The molecule has 0 saturated carbocycles. The summed E-state index contributed by atoms with van der Waals surface area (Å²) in [6.07, 6.45) is -0.0854. The fraction of sp³-hybridized carbons (Fsp3) is 0.440. The summed E-state index contributed by atoms with van der Waals surface area (Å²) in [5.41, 5.74) is 1.19. The highest BCUT2D eigenvalue weighted by Crippen LogP contribution is 2.26. The van der Waals surface area contributed by atoms with Gasteiger partial charge in [-0.3, -0.25) is 9.69 Å². The molecule has 0 spiro atoms. The van der Waals surface area contributed by atoms with Gasteiger partial charge in [0.15, 0.2) is 0 Å². The molecule has 4 rings (SSSR count). The molecule has 2 aromatic carbocycles. The first-order chi connectivity index (χ1) is 17.0. The molecule has 2 aliphatic rings. The molecule has 1 unspecified atom stereocenters. The fourth-order valence-corrected chi connectivity index (χ4v) is 4.54. The van der Waals surface area contributed by atoms with Crippen LogP contribution in [0.5, 0.6) is 11.5 Å². The average molecular weight is 503 g/mol. The van der Waals surface area contributed by atoms with E-state index in [0.717, 1.165) is 13.1 Å². The van der Waals surface area contributed by atoms with Gasteiger partial charge in [0.2, 0.25) is 0 Å². The first-order valence-corrected chi connectivity index (χ1v) is 12.0. The van der Waals surface area contributed by atoms with Crippen molar-refractivity contribution in [1.29, 1.82) is 0 Å². The topological polar surface area (TPSA) is 83.6 Å². The molecule has 0 aliphatic carbocycles. The van der Waals surface area contributed by atoms with Gasteiger partial charge in [-0.15, -0.1) is 0 Å². The molecule has 35 heavy (non-hydrogen) atoms. The van der Waals surface area contributed by atoms with E-state index in [1.807, 2.05) is 11.0 Å². The zero-order valence-corrected chi connectivity index (χ0v) is 20.8. The Morgan fingerprint density at radius 2 is 1.83 bits per heavy atom. The number of nitrogens with one attached hydrogen (secondary N) is 1. The number of carbonyl (C=O) groups is 2. The molecule has 1 N–H and O–H groups in total. The molecule has 2 saturated heterocycles. The maximum Gasteiger partial charge on any atom is 0.322 e. The van der Waals surface area contributed by atoms with Gasteiger partial charge in [-0.05, 0) is 30.3 Å². The number of hydrogen-bond acceptors (Lipinski definition) is 6. The summed E-state index contributed by atoms with van der Waals surface area (Å²) in [6, 6.07) is 12.2. The molecule has 2 aliphatic heterocycles. The smallest absolute Gasteiger partial charge is 0.322 e. The van der Waals surface area contributed by atoms with Crippen LogP contribution in [0.4, 0.5) is 10.5 Å². The molecule has 2 fully saturated rings. The Hall–Kier alpha value is -3.01. The molecule has 0 aromatic heterocycles. The molecule has 188 valence electrons. The number of nitrogens with zero attached hydrogens (tertiary/aromatic N) is 3. The minimum absolute atomic E-state index is 0.0538. The molecular formula is C25H31ClN4O5. The Kier molecular flexibility index (Phi) is 8.33. The summed E-state index contributed by atoms with van der Waals surface area (Å²) >= 11 is 6.01. The van der Waals surface area contributed by atoms with Crippen molar-refractivity contribution >= 4 is 29.2 Å². The van der Waals surface area contributed by atoms with Crippen molar-refractivity contribution in [2.75, 3.05) is 72.0 Å². The van der Waals surface area contributed by atoms with Gasteiger partial charge in [0.25, 0.3) is 5.91 Å². The summed E-state index contributed by atoms with van der Waals surface area (Å²) in [5, 5.41) is 3.47. The third-order valence-corrected chi connectivity index (χ3v) is 6.50. The van der Waals surface area contributed by atoms with E-state index >= 15 is 0 Å². The standard InChI is InChI=1S/C25H31ClN4O5/c1-33-20-6-7-22(23(15-20)34-2)24(31)29-10-8-28(9-11-29)16-21-17-30(12-13-35-21)25(32)27-19-5-3-4-18(26)14-19/h3-7,14-15,21H,8-13,16-17H2,1-2H3,(H,27,32). The normalized spacial score (nSPS) is 18.8. The van der Waals surface area contributed by atoms with E-state index in [4.69, 9.17) is 25.8 Å². The van der Waals surface area contributed by atoms with E-state index in [0.29, 0.717) is 67.1 Å². The third kappa shape index (κ3) is 6.36. The van der Waals surface area contributed by atoms with Crippen molar-refractivity contribution in [3.8, 4) is 11.5 Å². The van der Waals surface area contributed by atoms with Gasteiger partial charge in [-0.25, -0.2) is 4.79 Å². The summed E-state index contributed by atoms with van der Waals surface area (Å²) in [4.78, 5) is 31.7. The van der Waals surface area contributed by atoms with Crippen molar-refractivity contribution in [2.45, 2.75) is 6.10 Å². The summed E-state index contributed by atoms with van der Waals surface area (Å²) in [5.74, 6) is 1.09. The molecule has 10 heteroatoms. The largest absolute Gasteiger partial charge is 0.497 e.